The van der Waals surface area contributed by atoms with Crippen molar-refractivity contribution in [3.63, 3.8) is 0 Å². The number of hydrogen-bond acceptors (Lipinski definition) is 3. The molecule has 0 bridgehead atoms. The van der Waals surface area contributed by atoms with Gasteiger partial charge >= 0.3 is 0 Å². The molecule has 4 rings (SSSR count). The van der Waals surface area contributed by atoms with Gasteiger partial charge in [-0.2, -0.15) is 0 Å². The fourth-order valence-electron chi connectivity index (χ4n) is 5.04. The van der Waals surface area contributed by atoms with E-state index in [-0.39, 0.29) is 34.6 Å². The molecular weight excluding hydrogens is 484 g/mol. The van der Waals surface area contributed by atoms with Crippen LogP contribution >= 0.6 is 0 Å². The highest BCUT2D eigenvalue weighted by atomic mass is 16.5. The van der Waals surface area contributed by atoms with Crippen molar-refractivity contribution in [2.75, 3.05) is 7.11 Å². The van der Waals surface area contributed by atoms with Crippen molar-refractivity contribution >= 4 is 11.8 Å². The lowest BCUT2D eigenvalue weighted by Gasteiger charge is -2.31. The lowest BCUT2D eigenvalue weighted by molar-refractivity contribution is -0.123. The Balaban J connectivity index is 1.81. The van der Waals surface area contributed by atoms with Crippen LogP contribution in [0.15, 0.2) is 72.8 Å². The average molecular weight is 527 g/mol. The Morgan fingerprint density at radius 3 is 1.64 bits per heavy atom. The van der Waals surface area contributed by atoms with Crippen LogP contribution in [-0.2, 0) is 15.6 Å². The van der Waals surface area contributed by atoms with Gasteiger partial charge in [0, 0.05) is 28.7 Å². The molecule has 1 aliphatic rings. The topological polar surface area (TPSA) is 67.4 Å². The van der Waals surface area contributed by atoms with E-state index in [0.29, 0.717) is 5.56 Å². The van der Waals surface area contributed by atoms with E-state index in [4.69, 9.17) is 4.74 Å². The zero-order valence-electron chi connectivity index (χ0n) is 24.3. The van der Waals surface area contributed by atoms with Gasteiger partial charge in [0.1, 0.15) is 11.8 Å². The average Bonchev–Trinajstić information content (AvgIpc) is 3.71. The molecule has 0 saturated heterocycles. The van der Waals surface area contributed by atoms with E-state index in [0.717, 1.165) is 40.8 Å². The molecule has 5 heteroatoms. The van der Waals surface area contributed by atoms with Crippen LogP contribution in [0.3, 0.4) is 0 Å². The number of rotatable bonds is 8. The summed E-state index contributed by atoms with van der Waals surface area (Å²) < 4.78 is 5.89. The molecule has 0 aromatic heterocycles. The van der Waals surface area contributed by atoms with Gasteiger partial charge < -0.3 is 15.4 Å². The van der Waals surface area contributed by atoms with E-state index < -0.39 is 6.04 Å². The molecule has 39 heavy (non-hydrogen) atoms. The van der Waals surface area contributed by atoms with Crippen molar-refractivity contribution in [1.82, 2.24) is 10.6 Å². The summed E-state index contributed by atoms with van der Waals surface area (Å²) in [5, 5.41) is 6.31. The first kappa shape index (κ1) is 28.4. The molecule has 3 aromatic carbocycles. The predicted molar refractivity (Wildman–Crippen MR) is 158 cm³/mol. The molecule has 5 nitrogen and oxygen atoms in total. The first-order valence-electron chi connectivity index (χ1n) is 13.8. The number of benzene rings is 3. The molecule has 1 atom stereocenters. The normalized spacial score (nSPS) is 14.6. The van der Waals surface area contributed by atoms with Crippen molar-refractivity contribution in [1.29, 1.82) is 0 Å². The van der Waals surface area contributed by atoms with Crippen LogP contribution in [0.2, 0.25) is 0 Å². The Hall–Kier alpha value is -3.60. The van der Waals surface area contributed by atoms with Crippen LogP contribution in [0.4, 0.5) is 0 Å². The summed E-state index contributed by atoms with van der Waals surface area (Å²) in [5.41, 5.74) is 3.89. The second kappa shape index (κ2) is 11.3. The maximum atomic E-state index is 14.1. The van der Waals surface area contributed by atoms with Gasteiger partial charge in [-0.15, -0.1) is 0 Å². The van der Waals surface area contributed by atoms with Crippen molar-refractivity contribution in [3.8, 4) is 5.75 Å². The number of amides is 2. The Labute approximate surface area is 233 Å². The van der Waals surface area contributed by atoms with Crippen LogP contribution < -0.4 is 15.4 Å². The zero-order valence-corrected chi connectivity index (χ0v) is 24.3. The molecule has 1 aliphatic carbocycles. The Kier molecular flexibility index (Phi) is 8.20. The molecular formula is C34H42N2O3. The van der Waals surface area contributed by atoms with Crippen LogP contribution in [0.1, 0.15) is 92.9 Å². The van der Waals surface area contributed by atoms with Crippen molar-refractivity contribution < 1.29 is 14.3 Å². The van der Waals surface area contributed by atoms with E-state index in [9.17, 15) is 9.59 Å². The lowest BCUT2D eigenvalue weighted by Crippen LogP contribution is -2.51. The summed E-state index contributed by atoms with van der Waals surface area (Å²) in [6.45, 7) is 12.7. The number of nitrogens with one attached hydrogen (secondary N) is 2. The molecule has 0 aliphatic heterocycles. The molecule has 0 radical (unpaired) electrons. The molecule has 1 unspecified atom stereocenters. The summed E-state index contributed by atoms with van der Waals surface area (Å²) in [4.78, 5) is 27.8. The summed E-state index contributed by atoms with van der Waals surface area (Å²) in [5.74, 6) is 0.0177. The van der Waals surface area contributed by atoms with E-state index in [1.54, 1.807) is 7.11 Å². The highest BCUT2D eigenvalue weighted by Gasteiger charge is 2.36. The van der Waals surface area contributed by atoms with Gasteiger partial charge in [0.15, 0.2) is 0 Å². The van der Waals surface area contributed by atoms with Crippen molar-refractivity contribution in [3.05, 3.63) is 101 Å². The zero-order chi connectivity index (χ0) is 28.4. The van der Waals surface area contributed by atoms with E-state index in [1.165, 1.54) is 0 Å². The second-order valence-electron chi connectivity index (χ2n) is 12.6. The molecule has 2 amide bonds. The molecule has 2 N–H and O–H groups in total. The van der Waals surface area contributed by atoms with Crippen molar-refractivity contribution in [2.45, 2.75) is 83.2 Å². The number of carbonyl (C=O) groups is 2. The number of ether oxygens (including phenoxy) is 1. The summed E-state index contributed by atoms with van der Waals surface area (Å²) in [6.07, 6.45) is 1.94. The fourth-order valence-corrected chi connectivity index (χ4v) is 5.04. The molecule has 3 aromatic rings. The van der Waals surface area contributed by atoms with Crippen LogP contribution in [0, 0.1) is 0 Å². The van der Waals surface area contributed by atoms with Gasteiger partial charge in [-0.25, -0.2) is 0 Å². The number of hydrogen-bond donors (Lipinski definition) is 2. The van der Waals surface area contributed by atoms with Gasteiger partial charge in [-0.1, -0.05) is 102 Å². The third kappa shape index (κ3) is 6.70. The second-order valence-corrected chi connectivity index (χ2v) is 12.6. The van der Waals surface area contributed by atoms with Crippen LogP contribution in [-0.4, -0.2) is 31.0 Å². The minimum atomic E-state index is -0.791. The summed E-state index contributed by atoms with van der Waals surface area (Å²) in [7, 11) is 1.68. The third-order valence-electron chi connectivity index (χ3n) is 7.31. The highest BCUT2D eigenvalue weighted by molar-refractivity contribution is 5.99. The number of carbonyl (C=O) groups excluding carboxylic acids is 2. The van der Waals surface area contributed by atoms with E-state index in [1.807, 2.05) is 72.8 Å². The Morgan fingerprint density at radius 2 is 1.26 bits per heavy atom. The molecule has 0 heterocycles. The van der Waals surface area contributed by atoms with E-state index >= 15 is 0 Å². The van der Waals surface area contributed by atoms with Gasteiger partial charge in [-0.05, 0) is 46.9 Å². The largest absolute Gasteiger partial charge is 0.496 e. The van der Waals surface area contributed by atoms with Gasteiger partial charge in [0.25, 0.3) is 5.91 Å². The van der Waals surface area contributed by atoms with Crippen molar-refractivity contribution in [2.24, 2.45) is 0 Å². The molecule has 1 saturated carbocycles. The smallest absolute Gasteiger partial charge is 0.251 e. The lowest BCUT2D eigenvalue weighted by atomic mass is 9.78. The standard InChI is InChI=1S/C34H42N2O3/c1-33(2,3)26-20-24(21-27(30(26)39-7)34(4,5)6)31(37)36-29(32(38)35-25-18-19-25)28(22-14-10-8-11-15-22)23-16-12-9-13-17-23/h8-17,20-21,25,28-29H,18-19H2,1-7H3,(H,35,38)(H,36,37). The highest BCUT2D eigenvalue weighted by Crippen LogP contribution is 2.40. The molecule has 206 valence electrons. The summed E-state index contributed by atoms with van der Waals surface area (Å²) in [6, 6.07) is 23.1. The van der Waals surface area contributed by atoms with Crippen LogP contribution in [0.5, 0.6) is 5.75 Å². The maximum Gasteiger partial charge on any atom is 0.251 e. The van der Waals surface area contributed by atoms with Gasteiger partial charge in [0.2, 0.25) is 5.91 Å². The minimum absolute atomic E-state index is 0.163. The summed E-state index contributed by atoms with van der Waals surface area (Å²) >= 11 is 0. The van der Waals surface area contributed by atoms with Crippen LogP contribution in [0.25, 0.3) is 0 Å². The SMILES string of the molecule is COc1c(C(C)(C)C)cc(C(=O)NC(C(=O)NC2CC2)C(c2ccccc2)c2ccccc2)cc1C(C)(C)C. The quantitative estimate of drug-likeness (QED) is 0.352. The third-order valence-corrected chi connectivity index (χ3v) is 7.31. The first-order chi connectivity index (χ1) is 18.4. The van der Waals surface area contributed by atoms with Gasteiger partial charge in [-0.3, -0.25) is 9.59 Å². The maximum absolute atomic E-state index is 14.1. The monoisotopic (exact) mass is 526 g/mol. The first-order valence-corrected chi connectivity index (χ1v) is 13.8. The molecule has 1 fully saturated rings. The van der Waals surface area contributed by atoms with Gasteiger partial charge in [0.05, 0.1) is 7.11 Å². The minimum Gasteiger partial charge on any atom is -0.496 e. The molecule has 0 spiro atoms. The number of methoxy groups -OCH3 is 1. The Bertz CT molecular complexity index is 1230. The Morgan fingerprint density at radius 1 is 0.795 bits per heavy atom. The van der Waals surface area contributed by atoms with E-state index in [2.05, 4.69) is 52.2 Å². The fraction of sp³-hybridized carbons (Fsp3) is 0.412. The predicted octanol–water partition coefficient (Wildman–Crippen LogP) is 6.50.